The predicted octanol–water partition coefficient (Wildman–Crippen LogP) is 1.62. The second kappa shape index (κ2) is 7.54. The molecule has 2 aromatic heterocycles. The molecule has 2 heterocycles. The van der Waals surface area contributed by atoms with Crippen LogP contribution in [0, 0.1) is 0 Å². The zero-order valence-electron chi connectivity index (χ0n) is 11.7. The summed E-state index contributed by atoms with van der Waals surface area (Å²) < 4.78 is 0. The SMILES string of the molecule is CC(NC(=O)c1cccs1)C(=O)NCCc1ccccn1. The summed E-state index contributed by atoms with van der Waals surface area (Å²) in [5, 5.41) is 7.29. The first-order chi connectivity index (χ1) is 10.2. The largest absolute Gasteiger partial charge is 0.354 e. The molecule has 2 rings (SSSR count). The molecule has 0 saturated heterocycles. The average Bonchev–Trinajstić information content (AvgIpc) is 3.02. The molecule has 0 saturated carbocycles. The highest BCUT2D eigenvalue weighted by Crippen LogP contribution is 2.08. The summed E-state index contributed by atoms with van der Waals surface area (Å²) >= 11 is 1.35. The van der Waals surface area contributed by atoms with E-state index in [-0.39, 0.29) is 11.8 Å². The molecule has 1 unspecified atom stereocenters. The molecule has 5 nitrogen and oxygen atoms in total. The van der Waals surface area contributed by atoms with Crippen LogP contribution in [0.3, 0.4) is 0 Å². The van der Waals surface area contributed by atoms with E-state index in [1.165, 1.54) is 11.3 Å². The topological polar surface area (TPSA) is 71.1 Å². The third-order valence-electron chi connectivity index (χ3n) is 2.89. The number of rotatable bonds is 6. The van der Waals surface area contributed by atoms with Crippen molar-refractivity contribution in [2.45, 2.75) is 19.4 Å². The van der Waals surface area contributed by atoms with Crippen molar-refractivity contribution in [3.05, 3.63) is 52.5 Å². The van der Waals surface area contributed by atoms with Crippen molar-refractivity contribution in [3.8, 4) is 0 Å². The maximum atomic E-state index is 11.9. The number of carbonyl (C=O) groups excluding carboxylic acids is 2. The van der Waals surface area contributed by atoms with Crippen LogP contribution in [-0.4, -0.2) is 29.4 Å². The van der Waals surface area contributed by atoms with Crippen molar-refractivity contribution < 1.29 is 9.59 Å². The normalized spacial score (nSPS) is 11.7. The van der Waals surface area contributed by atoms with Gasteiger partial charge in [-0.15, -0.1) is 11.3 Å². The first-order valence-corrected chi connectivity index (χ1v) is 7.57. The van der Waals surface area contributed by atoms with Crippen molar-refractivity contribution >= 4 is 23.2 Å². The molecule has 0 spiro atoms. The Morgan fingerprint density at radius 1 is 1.29 bits per heavy atom. The lowest BCUT2D eigenvalue weighted by molar-refractivity contribution is -0.122. The molecule has 2 aromatic rings. The number of amides is 2. The van der Waals surface area contributed by atoms with Crippen LogP contribution in [0.25, 0.3) is 0 Å². The summed E-state index contributed by atoms with van der Waals surface area (Å²) in [6, 6.07) is 8.64. The van der Waals surface area contributed by atoms with E-state index < -0.39 is 6.04 Å². The Morgan fingerprint density at radius 2 is 2.14 bits per heavy atom. The van der Waals surface area contributed by atoms with Crippen LogP contribution in [0.15, 0.2) is 41.9 Å². The Labute approximate surface area is 127 Å². The molecule has 6 heteroatoms. The van der Waals surface area contributed by atoms with Crippen LogP contribution in [-0.2, 0) is 11.2 Å². The van der Waals surface area contributed by atoms with E-state index in [1.807, 2.05) is 23.6 Å². The second-order valence-electron chi connectivity index (χ2n) is 4.53. The van der Waals surface area contributed by atoms with E-state index in [2.05, 4.69) is 15.6 Å². The molecular formula is C15H17N3O2S. The van der Waals surface area contributed by atoms with Crippen LogP contribution in [0.1, 0.15) is 22.3 Å². The summed E-state index contributed by atoms with van der Waals surface area (Å²) in [5.74, 6) is -0.423. The molecule has 2 amide bonds. The zero-order valence-corrected chi connectivity index (χ0v) is 12.5. The standard InChI is InChI=1S/C15H17N3O2S/c1-11(18-15(20)13-6-4-10-21-13)14(19)17-9-7-12-5-2-3-8-16-12/h2-6,8,10-11H,7,9H2,1H3,(H,17,19)(H,18,20). The third-order valence-corrected chi connectivity index (χ3v) is 3.76. The minimum absolute atomic E-state index is 0.198. The highest BCUT2D eigenvalue weighted by atomic mass is 32.1. The van der Waals surface area contributed by atoms with Gasteiger partial charge in [-0.25, -0.2) is 0 Å². The molecule has 0 aliphatic carbocycles. The maximum absolute atomic E-state index is 11.9. The fraction of sp³-hybridized carbons (Fsp3) is 0.267. The fourth-order valence-corrected chi connectivity index (χ4v) is 2.38. The summed E-state index contributed by atoms with van der Waals surface area (Å²) in [6.07, 6.45) is 2.39. The molecule has 0 bridgehead atoms. The van der Waals surface area contributed by atoms with Crippen LogP contribution in [0.5, 0.6) is 0 Å². The average molecular weight is 303 g/mol. The molecule has 21 heavy (non-hydrogen) atoms. The number of carbonyl (C=O) groups is 2. The molecule has 2 N–H and O–H groups in total. The highest BCUT2D eigenvalue weighted by molar-refractivity contribution is 7.12. The van der Waals surface area contributed by atoms with Gasteiger partial charge in [-0.1, -0.05) is 12.1 Å². The summed E-state index contributed by atoms with van der Waals surface area (Å²) in [7, 11) is 0. The van der Waals surface area contributed by atoms with Gasteiger partial charge < -0.3 is 10.6 Å². The minimum Gasteiger partial charge on any atom is -0.354 e. The van der Waals surface area contributed by atoms with Crippen LogP contribution < -0.4 is 10.6 Å². The predicted molar refractivity (Wildman–Crippen MR) is 82.2 cm³/mol. The van der Waals surface area contributed by atoms with Gasteiger partial charge >= 0.3 is 0 Å². The lowest BCUT2D eigenvalue weighted by Gasteiger charge is -2.13. The van der Waals surface area contributed by atoms with Gasteiger partial charge in [0, 0.05) is 24.9 Å². The zero-order chi connectivity index (χ0) is 15.1. The van der Waals surface area contributed by atoms with Gasteiger partial charge in [-0.2, -0.15) is 0 Å². The van der Waals surface area contributed by atoms with Gasteiger partial charge in [0.25, 0.3) is 5.91 Å². The van der Waals surface area contributed by atoms with Crippen molar-refractivity contribution in [2.24, 2.45) is 0 Å². The van der Waals surface area contributed by atoms with Gasteiger partial charge in [-0.05, 0) is 30.5 Å². The van der Waals surface area contributed by atoms with E-state index in [1.54, 1.807) is 25.3 Å². The molecule has 1 atom stereocenters. The lowest BCUT2D eigenvalue weighted by atomic mass is 10.2. The Morgan fingerprint density at radius 3 is 2.81 bits per heavy atom. The number of hydrogen-bond acceptors (Lipinski definition) is 4. The van der Waals surface area contributed by atoms with Crippen LogP contribution in [0.2, 0.25) is 0 Å². The molecule has 0 fully saturated rings. The first-order valence-electron chi connectivity index (χ1n) is 6.69. The first kappa shape index (κ1) is 15.2. The number of thiophene rings is 1. The van der Waals surface area contributed by atoms with Crippen molar-refractivity contribution in [3.63, 3.8) is 0 Å². The van der Waals surface area contributed by atoms with E-state index in [0.29, 0.717) is 17.8 Å². The summed E-state index contributed by atoms with van der Waals surface area (Å²) in [6.45, 7) is 2.16. The van der Waals surface area contributed by atoms with E-state index in [9.17, 15) is 9.59 Å². The van der Waals surface area contributed by atoms with Gasteiger partial charge in [0.1, 0.15) is 6.04 Å². The fourth-order valence-electron chi connectivity index (χ4n) is 1.75. The van der Waals surface area contributed by atoms with Crippen molar-refractivity contribution in [1.29, 1.82) is 0 Å². The van der Waals surface area contributed by atoms with Gasteiger partial charge in [0.05, 0.1) is 4.88 Å². The number of hydrogen-bond donors (Lipinski definition) is 2. The number of nitrogens with zero attached hydrogens (tertiary/aromatic N) is 1. The van der Waals surface area contributed by atoms with Crippen LogP contribution >= 0.6 is 11.3 Å². The Hall–Kier alpha value is -2.21. The van der Waals surface area contributed by atoms with Gasteiger partial charge in [-0.3, -0.25) is 14.6 Å². The van der Waals surface area contributed by atoms with Crippen LogP contribution in [0.4, 0.5) is 0 Å². The third kappa shape index (κ3) is 4.68. The summed E-state index contributed by atoms with van der Waals surface area (Å²) in [4.78, 5) is 28.5. The lowest BCUT2D eigenvalue weighted by Crippen LogP contribution is -2.45. The van der Waals surface area contributed by atoms with E-state index >= 15 is 0 Å². The quantitative estimate of drug-likeness (QED) is 0.852. The van der Waals surface area contributed by atoms with Gasteiger partial charge in [0.2, 0.25) is 5.91 Å². The maximum Gasteiger partial charge on any atom is 0.261 e. The highest BCUT2D eigenvalue weighted by Gasteiger charge is 2.16. The number of pyridine rings is 1. The van der Waals surface area contributed by atoms with E-state index in [4.69, 9.17) is 0 Å². The monoisotopic (exact) mass is 303 g/mol. The Kier molecular flexibility index (Phi) is 5.45. The minimum atomic E-state index is -0.566. The van der Waals surface area contributed by atoms with E-state index in [0.717, 1.165) is 5.69 Å². The summed E-state index contributed by atoms with van der Waals surface area (Å²) in [5.41, 5.74) is 0.924. The Bertz CT molecular complexity index is 584. The second-order valence-corrected chi connectivity index (χ2v) is 5.48. The number of aromatic nitrogens is 1. The van der Waals surface area contributed by atoms with Crippen molar-refractivity contribution in [1.82, 2.24) is 15.6 Å². The number of nitrogens with one attached hydrogen (secondary N) is 2. The molecule has 0 aliphatic rings. The van der Waals surface area contributed by atoms with Crippen molar-refractivity contribution in [2.75, 3.05) is 6.54 Å². The molecule has 0 aromatic carbocycles. The molecular weight excluding hydrogens is 286 g/mol. The van der Waals surface area contributed by atoms with Gasteiger partial charge in [0.15, 0.2) is 0 Å². The smallest absolute Gasteiger partial charge is 0.261 e. The molecule has 0 radical (unpaired) electrons. The molecule has 110 valence electrons. The Balaban J connectivity index is 1.74. The molecule has 0 aliphatic heterocycles.